The van der Waals surface area contributed by atoms with Crippen molar-refractivity contribution in [3.8, 4) is 0 Å². The molecule has 0 unspecified atom stereocenters. The lowest BCUT2D eigenvalue weighted by atomic mass is 10.1. The molecular formula is C15H18FN3O2. The lowest BCUT2D eigenvalue weighted by Crippen LogP contribution is -2.31. The van der Waals surface area contributed by atoms with Gasteiger partial charge in [0.1, 0.15) is 12.4 Å². The minimum absolute atomic E-state index is 0.175. The summed E-state index contributed by atoms with van der Waals surface area (Å²) in [7, 11) is 0. The molecule has 0 aliphatic rings. The van der Waals surface area contributed by atoms with Gasteiger partial charge in [0.05, 0.1) is 0 Å². The van der Waals surface area contributed by atoms with Crippen molar-refractivity contribution in [3.63, 3.8) is 0 Å². The highest BCUT2D eigenvalue weighted by Gasteiger charge is 2.19. The summed E-state index contributed by atoms with van der Waals surface area (Å²) in [4.78, 5) is 18.3. The fraction of sp³-hybridized carbons (Fsp3) is 0.400. The summed E-state index contributed by atoms with van der Waals surface area (Å²) >= 11 is 0. The van der Waals surface area contributed by atoms with Crippen molar-refractivity contribution in [2.45, 2.75) is 33.7 Å². The van der Waals surface area contributed by atoms with E-state index < -0.39 is 0 Å². The molecule has 1 aromatic heterocycles. The molecule has 1 aromatic carbocycles. The second-order valence-corrected chi connectivity index (χ2v) is 4.74. The van der Waals surface area contributed by atoms with Gasteiger partial charge in [-0.2, -0.15) is 4.98 Å². The number of carbonyl (C=O) groups excluding carboxylic acids is 1. The van der Waals surface area contributed by atoms with Crippen LogP contribution in [-0.4, -0.2) is 27.5 Å². The van der Waals surface area contributed by atoms with Crippen LogP contribution in [0, 0.1) is 12.7 Å². The minimum Gasteiger partial charge on any atom is -0.337 e. The third-order valence-electron chi connectivity index (χ3n) is 3.24. The van der Waals surface area contributed by atoms with Gasteiger partial charge in [0.15, 0.2) is 5.82 Å². The van der Waals surface area contributed by atoms with Gasteiger partial charge in [-0.1, -0.05) is 12.1 Å². The van der Waals surface area contributed by atoms with Crippen LogP contribution < -0.4 is 0 Å². The molecule has 0 spiro atoms. The molecule has 0 radical (unpaired) electrons. The predicted octanol–water partition coefficient (Wildman–Crippen LogP) is 2.74. The quantitative estimate of drug-likeness (QED) is 0.850. The van der Waals surface area contributed by atoms with Crippen LogP contribution in [0.3, 0.4) is 0 Å². The normalized spacial score (nSPS) is 10.7. The summed E-state index contributed by atoms with van der Waals surface area (Å²) in [6.07, 6.45) is 0.681. The van der Waals surface area contributed by atoms with E-state index in [-0.39, 0.29) is 18.3 Å². The Kier molecular flexibility index (Phi) is 4.67. The first-order valence-corrected chi connectivity index (χ1v) is 6.92. The molecular weight excluding hydrogens is 273 g/mol. The number of aromatic nitrogens is 2. The van der Waals surface area contributed by atoms with Crippen LogP contribution in [0.4, 0.5) is 4.39 Å². The molecule has 2 rings (SSSR count). The molecule has 0 N–H and O–H groups in total. The lowest BCUT2D eigenvalue weighted by Gasteiger charge is -2.19. The molecule has 0 bridgehead atoms. The second kappa shape index (κ2) is 6.47. The summed E-state index contributed by atoms with van der Waals surface area (Å²) in [5, 5.41) is 3.81. The van der Waals surface area contributed by atoms with Crippen LogP contribution in [0.25, 0.3) is 0 Å². The van der Waals surface area contributed by atoms with Crippen molar-refractivity contribution in [3.05, 3.63) is 46.9 Å². The Morgan fingerprint density at radius 3 is 2.71 bits per heavy atom. The maximum Gasteiger partial charge on any atom is 0.254 e. The van der Waals surface area contributed by atoms with E-state index in [1.807, 2.05) is 13.8 Å². The number of nitrogens with zero attached hydrogens (tertiary/aromatic N) is 3. The number of amides is 1. The molecule has 1 heterocycles. The zero-order valence-corrected chi connectivity index (χ0v) is 12.4. The van der Waals surface area contributed by atoms with Crippen LogP contribution >= 0.6 is 0 Å². The fourth-order valence-corrected chi connectivity index (χ4v) is 2.03. The summed E-state index contributed by atoms with van der Waals surface area (Å²) < 4.78 is 18.2. The molecule has 0 saturated carbocycles. The first kappa shape index (κ1) is 15.2. The average molecular weight is 291 g/mol. The number of hydrogen-bond donors (Lipinski definition) is 0. The monoisotopic (exact) mass is 291 g/mol. The number of benzene rings is 1. The third-order valence-corrected chi connectivity index (χ3v) is 3.24. The van der Waals surface area contributed by atoms with Gasteiger partial charge in [-0.15, -0.1) is 0 Å². The van der Waals surface area contributed by atoms with Crippen molar-refractivity contribution < 1.29 is 13.7 Å². The number of carbonyl (C=O) groups is 1. The van der Waals surface area contributed by atoms with Gasteiger partial charge in [-0.25, -0.2) is 4.39 Å². The maximum atomic E-state index is 13.1. The summed E-state index contributed by atoms with van der Waals surface area (Å²) in [6.45, 7) is 6.26. The summed E-state index contributed by atoms with van der Waals surface area (Å²) in [5.41, 5.74) is 1.09. The van der Waals surface area contributed by atoms with E-state index in [9.17, 15) is 9.18 Å². The third kappa shape index (κ3) is 3.45. The van der Waals surface area contributed by atoms with Crippen molar-refractivity contribution in [1.82, 2.24) is 15.0 Å². The number of rotatable bonds is 5. The van der Waals surface area contributed by atoms with E-state index >= 15 is 0 Å². The number of hydrogen-bond acceptors (Lipinski definition) is 4. The molecule has 2 aromatic rings. The standard InChI is InChI=1S/C15H18FN3O2/c1-4-13-17-14(21-18-13)9-19(5-2)15(20)12-7-6-11(16)8-10(12)3/h6-8H,4-5,9H2,1-3H3. The molecule has 1 amide bonds. The highest BCUT2D eigenvalue weighted by molar-refractivity contribution is 5.95. The van der Waals surface area contributed by atoms with Gasteiger partial charge in [0, 0.05) is 18.5 Å². The second-order valence-electron chi connectivity index (χ2n) is 4.74. The van der Waals surface area contributed by atoms with Crippen LogP contribution in [-0.2, 0) is 13.0 Å². The molecule has 112 valence electrons. The zero-order chi connectivity index (χ0) is 15.4. The maximum absolute atomic E-state index is 13.1. The Hall–Kier alpha value is -2.24. The van der Waals surface area contributed by atoms with Crippen molar-refractivity contribution >= 4 is 5.91 Å². The SMILES string of the molecule is CCc1noc(CN(CC)C(=O)c2ccc(F)cc2C)n1. The van der Waals surface area contributed by atoms with Crippen LogP contribution in [0.2, 0.25) is 0 Å². The molecule has 6 heteroatoms. The number of halogens is 1. The summed E-state index contributed by atoms with van der Waals surface area (Å²) in [5.74, 6) is 0.496. The van der Waals surface area contributed by atoms with E-state index in [1.165, 1.54) is 18.2 Å². The van der Waals surface area contributed by atoms with E-state index in [0.717, 1.165) is 0 Å². The van der Waals surface area contributed by atoms with Crippen molar-refractivity contribution in [2.75, 3.05) is 6.54 Å². The summed E-state index contributed by atoms with van der Waals surface area (Å²) in [6, 6.07) is 4.14. The van der Waals surface area contributed by atoms with Crippen LogP contribution in [0.5, 0.6) is 0 Å². The smallest absolute Gasteiger partial charge is 0.254 e. The molecule has 0 saturated heterocycles. The Morgan fingerprint density at radius 1 is 1.38 bits per heavy atom. The Labute approximate surface area is 122 Å². The largest absolute Gasteiger partial charge is 0.337 e. The van der Waals surface area contributed by atoms with Crippen LogP contribution in [0.15, 0.2) is 22.7 Å². The molecule has 21 heavy (non-hydrogen) atoms. The highest BCUT2D eigenvalue weighted by Crippen LogP contribution is 2.14. The molecule has 0 aliphatic carbocycles. The molecule has 0 atom stereocenters. The molecule has 5 nitrogen and oxygen atoms in total. The van der Waals surface area contributed by atoms with Gasteiger partial charge >= 0.3 is 0 Å². The topological polar surface area (TPSA) is 59.2 Å². The first-order valence-electron chi connectivity index (χ1n) is 6.92. The van der Waals surface area contributed by atoms with E-state index in [2.05, 4.69) is 10.1 Å². The predicted molar refractivity (Wildman–Crippen MR) is 75.2 cm³/mol. The molecule has 0 aliphatic heterocycles. The Bertz CT molecular complexity index is 640. The Balaban J connectivity index is 2.18. The van der Waals surface area contributed by atoms with Gasteiger partial charge in [-0.3, -0.25) is 4.79 Å². The minimum atomic E-state index is -0.350. The molecule has 0 fully saturated rings. The van der Waals surface area contributed by atoms with Crippen molar-refractivity contribution in [2.24, 2.45) is 0 Å². The van der Waals surface area contributed by atoms with Crippen molar-refractivity contribution in [1.29, 1.82) is 0 Å². The van der Waals surface area contributed by atoms with Gasteiger partial charge < -0.3 is 9.42 Å². The van der Waals surface area contributed by atoms with Gasteiger partial charge in [0.25, 0.3) is 5.91 Å². The van der Waals surface area contributed by atoms with Gasteiger partial charge in [0.2, 0.25) is 5.89 Å². The Morgan fingerprint density at radius 2 is 2.14 bits per heavy atom. The van der Waals surface area contributed by atoms with E-state index in [1.54, 1.807) is 11.8 Å². The van der Waals surface area contributed by atoms with E-state index in [0.29, 0.717) is 35.8 Å². The van der Waals surface area contributed by atoms with E-state index in [4.69, 9.17) is 4.52 Å². The average Bonchev–Trinajstić information content (AvgIpc) is 2.92. The highest BCUT2D eigenvalue weighted by atomic mass is 19.1. The lowest BCUT2D eigenvalue weighted by molar-refractivity contribution is 0.0733. The van der Waals surface area contributed by atoms with Crippen LogP contribution in [0.1, 0.15) is 41.5 Å². The zero-order valence-electron chi connectivity index (χ0n) is 12.4. The number of aryl methyl sites for hydroxylation is 2. The van der Waals surface area contributed by atoms with Gasteiger partial charge in [-0.05, 0) is 37.6 Å². The first-order chi connectivity index (χ1) is 10.0. The fourth-order valence-electron chi connectivity index (χ4n) is 2.03.